The topological polar surface area (TPSA) is 66.4 Å². The highest BCUT2D eigenvalue weighted by Crippen LogP contribution is 2.22. The molecular formula is C17H23NO3. The van der Waals surface area contributed by atoms with Crippen LogP contribution in [0.1, 0.15) is 49.3 Å². The van der Waals surface area contributed by atoms with Crippen molar-refractivity contribution in [1.82, 2.24) is 5.32 Å². The van der Waals surface area contributed by atoms with E-state index < -0.39 is 5.97 Å². The Hall–Kier alpha value is -1.84. The molecule has 2 N–H and O–H groups in total. The zero-order chi connectivity index (χ0) is 15.2. The highest BCUT2D eigenvalue weighted by atomic mass is 16.4. The number of carboxylic acids is 1. The molecule has 21 heavy (non-hydrogen) atoms. The maximum absolute atomic E-state index is 12.0. The minimum Gasteiger partial charge on any atom is -0.481 e. The van der Waals surface area contributed by atoms with Crippen molar-refractivity contribution in [1.29, 1.82) is 0 Å². The fourth-order valence-corrected chi connectivity index (χ4v) is 2.87. The van der Waals surface area contributed by atoms with Gasteiger partial charge in [-0.15, -0.1) is 0 Å². The Morgan fingerprint density at radius 1 is 1.24 bits per heavy atom. The van der Waals surface area contributed by atoms with Crippen LogP contribution in [0.5, 0.6) is 0 Å². The van der Waals surface area contributed by atoms with E-state index in [0.717, 1.165) is 18.4 Å². The van der Waals surface area contributed by atoms with Crippen molar-refractivity contribution in [3.05, 3.63) is 34.9 Å². The number of benzene rings is 1. The molecule has 0 spiro atoms. The van der Waals surface area contributed by atoms with E-state index in [2.05, 4.69) is 17.4 Å². The standard InChI is InChI=1S/C17H23NO3/c1-2-15(11-17(20)21)18-16(19)10-12-7-8-13-5-3-4-6-14(13)9-12/h7-9,15H,2-6,10-11H2,1H3,(H,18,19)(H,20,21). The van der Waals surface area contributed by atoms with Crippen LogP contribution in [-0.2, 0) is 28.9 Å². The summed E-state index contributed by atoms with van der Waals surface area (Å²) in [6.07, 6.45) is 5.64. The number of hydrogen-bond acceptors (Lipinski definition) is 2. The number of aryl methyl sites for hydroxylation is 2. The molecule has 1 amide bonds. The lowest BCUT2D eigenvalue weighted by Gasteiger charge is -2.17. The zero-order valence-corrected chi connectivity index (χ0v) is 12.5. The molecule has 0 saturated carbocycles. The van der Waals surface area contributed by atoms with Crippen molar-refractivity contribution < 1.29 is 14.7 Å². The van der Waals surface area contributed by atoms with E-state index in [9.17, 15) is 9.59 Å². The number of carbonyl (C=O) groups excluding carboxylic acids is 1. The molecular weight excluding hydrogens is 266 g/mol. The maximum Gasteiger partial charge on any atom is 0.305 e. The molecule has 0 saturated heterocycles. The third-order valence-electron chi connectivity index (χ3n) is 4.06. The smallest absolute Gasteiger partial charge is 0.305 e. The molecule has 0 bridgehead atoms. The van der Waals surface area contributed by atoms with Crippen molar-refractivity contribution in [2.24, 2.45) is 0 Å². The fourth-order valence-electron chi connectivity index (χ4n) is 2.87. The molecule has 1 aliphatic rings. The first-order valence-electron chi connectivity index (χ1n) is 7.70. The van der Waals surface area contributed by atoms with Gasteiger partial charge in [0, 0.05) is 6.04 Å². The summed E-state index contributed by atoms with van der Waals surface area (Å²) in [5.74, 6) is -0.977. The van der Waals surface area contributed by atoms with Crippen molar-refractivity contribution in [3.63, 3.8) is 0 Å². The van der Waals surface area contributed by atoms with Gasteiger partial charge in [0.15, 0.2) is 0 Å². The van der Waals surface area contributed by atoms with Crippen LogP contribution in [0.3, 0.4) is 0 Å². The molecule has 0 fully saturated rings. The van der Waals surface area contributed by atoms with E-state index in [0.29, 0.717) is 12.8 Å². The van der Waals surface area contributed by atoms with E-state index in [4.69, 9.17) is 5.11 Å². The van der Waals surface area contributed by atoms with Crippen molar-refractivity contribution in [3.8, 4) is 0 Å². The molecule has 0 heterocycles. The molecule has 1 unspecified atom stereocenters. The predicted octanol–water partition coefficient (Wildman–Crippen LogP) is 2.48. The second-order valence-corrected chi connectivity index (χ2v) is 5.76. The molecule has 1 atom stereocenters. The zero-order valence-electron chi connectivity index (χ0n) is 12.5. The Morgan fingerprint density at radius 3 is 2.62 bits per heavy atom. The van der Waals surface area contributed by atoms with Crippen molar-refractivity contribution >= 4 is 11.9 Å². The average Bonchev–Trinajstić information content (AvgIpc) is 2.45. The first-order chi connectivity index (χ1) is 10.1. The highest BCUT2D eigenvalue weighted by molar-refractivity contribution is 5.79. The second-order valence-electron chi connectivity index (χ2n) is 5.76. The normalized spacial score (nSPS) is 15.1. The van der Waals surface area contributed by atoms with Crippen molar-refractivity contribution in [2.75, 3.05) is 0 Å². The van der Waals surface area contributed by atoms with Gasteiger partial charge in [-0.25, -0.2) is 0 Å². The summed E-state index contributed by atoms with van der Waals surface area (Å²) in [5.41, 5.74) is 3.78. The van der Waals surface area contributed by atoms with Crippen LogP contribution in [0.25, 0.3) is 0 Å². The van der Waals surface area contributed by atoms with Crippen LogP contribution in [-0.4, -0.2) is 23.0 Å². The number of hydrogen-bond donors (Lipinski definition) is 2. The van der Waals surface area contributed by atoms with Crippen molar-refractivity contribution in [2.45, 2.75) is 57.9 Å². The van der Waals surface area contributed by atoms with Gasteiger partial charge in [0.25, 0.3) is 0 Å². The maximum atomic E-state index is 12.0. The Morgan fingerprint density at radius 2 is 1.95 bits per heavy atom. The molecule has 4 nitrogen and oxygen atoms in total. The van der Waals surface area contributed by atoms with Gasteiger partial charge in [-0.3, -0.25) is 9.59 Å². The Labute approximate surface area is 125 Å². The SMILES string of the molecule is CCC(CC(=O)O)NC(=O)Cc1ccc2c(c1)CCCC2. The summed E-state index contributed by atoms with van der Waals surface area (Å²) >= 11 is 0. The number of fused-ring (bicyclic) bond motifs is 1. The van der Waals surface area contributed by atoms with Gasteiger partial charge in [0.2, 0.25) is 5.91 Å². The predicted molar refractivity (Wildman–Crippen MR) is 81.3 cm³/mol. The third-order valence-corrected chi connectivity index (χ3v) is 4.06. The second kappa shape index (κ2) is 7.25. The van der Waals surface area contributed by atoms with E-state index in [1.54, 1.807) is 0 Å². The van der Waals surface area contributed by atoms with Gasteiger partial charge < -0.3 is 10.4 Å². The summed E-state index contributed by atoms with van der Waals surface area (Å²) in [7, 11) is 0. The van der Waals surface area contributed by atoms with Crippen LogP contribution in [0.4, 0.5) is 0 Å². The van der Waals surface area contributed by atoms with Gasteiger partial charge in [-0.2, -0.15) is 0 Å². The monoisotopic (exact) mass is 289 g/mol. The lowest BCUT2D eigenvalue weighted by atomic mass is 9.90. The van der Waals surface area contributed by atoms with E-state index in [1.807, 2.05) is 13.0 Å². The van der Waals surface area contributed by atoms with Crippen LogP contribution in [0.15, 0.2) is 18.2 Å². The highest BCUT2D eigenvalue weighted by Gasteiger charge is 2.15. The Bertz CT molecular complexity index is 525. The summed E-state index contributed by atoms with van der Waals surface area (Å²) in [6.45, 7) is 1.88. The minimum absolute atomic E-state index is 0.0214. The third kappa shape index (κ3) is 4.59. The average molecular weight is 289 g/mol. The van der Waals surface area contributed by atoms with Crippen LogP contribution in [0.2, 0.25) is 0 Å². The van der Waals surface area contributed by atoms with Crippen LogP contribution in [0, 0.1) is 0 Å². The molecule has 4 heteroatoms. The number of aliphatic carboxylic acids is 1. The largest absolute Gasteiger partial charge is 0.481 e. The molecule has 1 aromatic carbocycles. The molecule has 1 aromatic rings. The minimum atomic E-state index is -0.879. The molecule has 2 rings (SSSR count). The molecule has 1 aliphatic carbocycles. The lowest BCUT2D eigenvalue weighted by Crippen LogP contribution is -2.36. The van der Waals surface area contributed by atoms with Crippen LogP contribution >= 0.6 is 0 Å². The summed E-state index contributed by atoms with van der Waals surface area (Å²) in [6, 6.07) is 5.99. The summed E-state index contributed by atoms with van der Waals surface area (Å²) in [4.78, 5) is 22.7. The van der Waals surface area contributed by atoms with Gasteiger partial charge in [-0.1, -0.05) is 25.1 Å². The Balaban J connectivity index is 1.94. The first kappa shape index (κ1) is 15.5. The number of rotatable bonds is 6. The van der Waals surface area contributed by atoms with Gasteiger partial charge in [0.05, 0.1) is 12.8 Å². The summed E-state index contributed by atoms with van der Waals surface area (Å²) < 4.78 is 0. The number of nitrogens with one attached hydrogen (secondary N) is 1. The van der Waals surface area contributed by atoms with E-state index in [-0.39, 0.29) is 18.4 Å². The number of carboxylic acid groups (broad SMARTS) is 1. The van der Waals surface area contributed by atoms with Gasteiger partial charge in [0.1, 0.15) is 0 Å². The number of amides is 1. The number of carbonyl (C=O) groups is 2. The molecule has 0 aliphatic heterocycles. The Kier molecular flexibility index (Phi) is 5.37. The lowest BCUT2D eigenvalue weighted by molar-refractivity contribution is -0.137. The van der Waals surface area contributed by atoms with Gasteiger partial charge in [-0.05, 0) is 48.8 Å². The fraction of sp³-hybridized carbons (Fsp3) is 0.529. The van der Waals surface area contributed by atoms with Gasteiger partial charge >= 0.3 is 5.97 Å². The van der Waals surface area contributed by atoms with E-state index >= 15 is 0 Å². The van der Waals surface area contributed by atoms with Crippen LogP contribution < -0.4 is 5.32 Å². The van der Waals surface area contributed by atoms with E-state index in [1.165, 1.54) is 24.0 Å². The summed E-state index contributed by atoms with van der Waals surface area (Å²) in [5, 5.41) is 11.6. The first-order valence-corrected chi connectivity index (χ1v) is 7.70. The molecule has 0 aromatic heterocycles. The molecule has 114 valence electrons. The molecule has 0 radical (unpaired) electrons. The quantitative estimate of drug-likeness (QED) is 0.845.